The summed E-state index contributed by atoms with van der Waals surface area (Å²) in [5.41, 5.74) is 4.57. The summed E-state index contributed by atoms with van der Waals surface area (Å²) in [6.07, 6.45) is 0. The fraction of sp³-hybridized carbons (Fsp3) is 0.409. The van der Waals surface area contributed by atoms with Gasteiger partial charge in [0.2, 0.25) is 10.0 Å². The molecule has 0 heterocycles. The molecule has 0 radical (unpaired) electrons. The van der Waals surface area contributed by atoms with Gasteiger partial charge in [-0.15, -0.1) is 0 Å². The number of amides is 1. The molecule has 0 unspecified atom stereocenters. The summed E-state index contributed by atoms with van der Waals surface area (Å²) < 4.78 is 27.0. The summed E-state index contributed by atoms with van der Waals surface area (Å²) in [5, 5.41) is 0. The lowest BCUT2D eigenvalue weighted by Gasteiger charge is -2.22. The molecule has 0 saturated carbocycles. The van der Waals surface area contributed by atoms with Gasteiger partial charge in [0.15, 0.2) is 0 Å². The third-order valence-electron chi connectivity index (χ3n) is 5.03. The van der Waals surface area contributed by atoms with Crippen molar-refractivity contribution in [2.24, 2.45) is 0 Å². The van der Waals surface area contributed by atoms with E-state index in [-0.39, 0.29) is 10.8 Å². The van der Waals surface area contributed by atoms with Gasteiger partial charge in [0, 0.05) is 32.2 Å². The molecule has 6 heteroatoms. The van der Waals surface area contributed by atoms with Crippen LogP contribution in [-0.2, 0) is 16.6 Å². The zero-order valence-electron chi connectivity index (χ0n) is 17.6. The number of hydrogen-bond donors (Lipinski definition) is 0. The summed E-state index contributed by atoms with van der Waals surface area (Å²) in [7, 11) is -1.86. The fourth-order valence-corrected chi connectivity index (χ4v) is 4.75. The molecular formula is C22H30N2O3S. The highest BCUT2D eigenvalue weighted by atomic mass is 32.2. The van der Waals surface area contributed by atoms with Crippen LogP contribution in [0.1, 0.15) is 46.5 Å². The first-order chi connectivity index (χ1) is 13.1. The first-order valence-corrected chi connectivity index (χ1v) is 11.0. The van der Waals surface area contributed by atoms with Crippen molar-refractivity contribution in [3.8, 4) is 0 Å². The largest absolute Gasteiger partial charge is 0.337 e. The van der Waals surface area contributed by atoms with Crippen LogP contribution in [0, 0.1) is 20.8 Å². The second-order valence-corrected chi connectivity index (χ2v) is 9.10. The van der Waals surface area contributed by atoms with E-state index in [1.165, 1.54) is 15.9 Å². The number of sulfonamides is 1. The van der Waals surface area contributed by atoms with Gasteiger partial charge in [-0.3, -0.25) is 4.79 Å². The molecule has 0 fully saturated rings. The van der Waals surface area contributed by atoms with Crippen LogP contribution in [0.3, 0.4) is 0 Å². The zero-order chi connectivity index (χ0) is 21.1. The van der Waals surface area contributed by atoms with Gasteiger partial charge in [0.1, 0.15) is 0 Å². The van der Waals surface area contributed by atoms with Crippen LogP contribution in [0.25, 0.3) is 0 Å². The number of hydrogen-bond acceptors (Lipinski definition) is 3. The molecule has 5 nitrogen and oxygen atoms in total. The van der Waals surface area contributed by atoms with E-state index in [4.69, 9.17) is 0 Å². The van der Waals surface area contributed by atoms with Gasteiger partial charge in [0.05, 0.1) is 4.90 Å². The van der Waals surface area contributed by atoms with Crippen molar-refractivity contribution in [1.29, 1.82) is 0 Å². The Bertz CT molecular complexity index is 964. The minimum Gasteiger partial charge on any atom is -0.337 e. The van der Waals surface area contributed by atoms with Crippen LogP contribution in [0.2, 0.25) is 0 Å². The molecule has 2 aromatic carbocycles. The molecule has 0 atom stereocenters. The van der Waals surface area contributed by atoms with Gasteiger partial charge in [-0.05, 0) is 49.6 Å². The molecule has 0 aliphatic heterocycles. The van der Waals surface area contributed by atoms with Crippen molar-refractivity contribution in [2.45, 2.75) is 46.1 Å². The van der Waals surface area contributed by atoms with Crippen LogP contribution in [0.15, 0.2) is 41.3 Å². The van der Waals surface area contributed by atoms with Gasteiger partial charge in [-0.25, -0.2) is 8.42 Å². The van der Waals surface area contributed by atoms with Crippen LogP contribution in [-0.4, -0.2) is 43.7 Å². The van der Waals surface area contributed by atoms with Crippen molar-refractivity contribution in [3.05, 3.63) is 64.2 Å². The Balaban J connectivity index is 2.34. The predicted molar refractivity (Wildman–Crippen MR) is 113 cm³/mol. The number of aryl methyl sites for hydroxylation is 3. The van der Waals surface area contributed by atoms with Crippen LogP contribution in [0.5, 0.6) is 0 Å². The van der Waals surface area contributed by atoms with Crippen molar-refractivity contribution in [2.75, 3.05) is 20.1 Å². The maximum absolute atomic E-state index is 13.1. The molecule has 0 N–H and O–H groups in total. The maximum atomic E-state index is 13.1. The molecule has 0 aliphatic carbocycles. The lowest BCUT2D eigenvalue weighted by atomic mass is 10.0. The average Bonchev–Trinajstić information content (AvgIpc) is 2.64. The highest BCUT2D eigenvalue weighted by Crippen LogP contribution is 2.21. The normalized spacial score (nSPS) is 11.7. The lowest BCUT2D eigenvalue weighted by molar-refractivity contribution is 0.0784. The summed E-state index contributed by atoms with van der Waals surface area (Å²) in [6, 6.07) is 10.9. The molecule has 0 aliphatic rings. The van der Waals surface area contributed by atoms with Crippen molar-refractivity contribution in [1.82, 2.24) is 9.21 Å². The smallest absolute Gasteiger partial charge is 0.254 e. The Hall–Kier alpha value is -2.18. The zero-order valence-corrected chi connectivity index (χ0v) is 18.4. The SMILES string of the molecule is CCN(CC)S(=O)(=O)c1ccc(C)c(C(=O)N(C)Cc2ccc(C)cc2C)c1. The highest BCUT2D eigenvalue weighted by Gasteiger charge is 2.24. The average molecular weight is 403 g/mol. The van der Waals surface area contributed by atoms with E-state index in [1.54, 1.807) is 37.9 Å². The Labute approximate surface area is 169 Å². The van der Waals surface area contributed by atoms with Crippen molar-refractivity contribution >= 4 is 15.9 Å². The van der Waals surface area contributed by atoms with E-state index < -0.39 is 10.0 Å². The van der Waals surface area contributed by atoms with E-state index in [0.717, 1.165) is 16.7 Å². The minimum absolute atomic E-state index is 0.157. The Morgan fingerprint density at radius 3 is 2.14 bits per heavy atom. The summed E-state index contributed by atoms with van der Waals surface area (Å²) in [5.74, 6) is -0.186. The Morgan fingerprint density at radius 1 is 0.929 bits per heavy atom. The van der Waals surface area contributed by atoms with Gasteiger partial charge < -0.3 is 4.90 Å². The van der Waals surface area contributed by atoms with E-state index in [0.29, 0.717) is 25.2 Å². The third-order valence-corrected chi connectivity index (χ3v) is 7.08. The summed E-state index contributed by atoms with van der Waals surface area (Å²) in [4.78, 5) is 14.8. The number of benzene rings is 2. The van der Waals surface area contributed by atoms with Gasteiger partial charge >= 0.3 is 0 Å². The van der Waals surface area contributed by atoms with E-state index in [2.05, 4.69) is 6.07 Å². The van der Waals surface area contributed by atoms with Gasteiger partial charge in [0.25, 0.3) is 5.91 Å². The van der Waals surface area contributed by atoms with Crippen LogP contribution in [0.4, 0.5) is 0 Å². The van der Waals surface area contributed by atoms with Crippen molar-refractivity contribution < 1.29 is 13.2 Å². The minimum atomic E-state index is -3.61. The second-order valence-electron chi connectivity index (χ2n) is 7.16. The Kier molecular flexibility index (Phi) is 7.01. The predicted octanol–water partition coefficient (Wildman–Crippen LogP) is 3.91. The first kappa shape index (κ1) is 22.1. The van der Waals surface area contributed by atoms with Crippen molar-refractivity contribution in [3.63, 3.8) is 0 Å². The first-order valence-electron chi connectivity index (χ1n) is 9.54. The fourth-order valence-electron chi connectivity index (χ4n) is 3.26. The molecule has 1 amide bonds. The molecule has 0 bridgehead atoms. The summed E-state index contributed by atoms with van der Waals surface area (Å²) in [6.45, 7) is 10.8. The van der Waals surface area contributed by atoms with Crippen LogP contribution < -0.4 is 0 Å². The molecule has 152 valence electrons. The number of carbonyl (C=O) groups excluding carboxylic acids is 1. The molecule has 28 heavy (non-hydrogen) atoms. The monoisotopic (exact) mass is 402 g/mol. The third kappa shape index (κ3) is 4.62. The van der Waals surface area contributed by atoms with Crippen LogP contribution >= 0.6 is 0 Å². The molecular weight excluding hydrogens is 372 g/mol. The molecule has 0 spiro atoms. The topological polar surface area (TPSA) is 57.7 Å². The summed E-state index contributed by atoms with van der Waals surface area (Å²) >= 11 is 0. The molecule has 0 saturated heterocycles. The standard InChI is InChI=1S/C22H30N2O3S/c1-7-24(8-2)28(26,27)20-12-10-17(4)21(14-20)22(25)23(6)15-19-11-9-16(3)13-18(19)5/h9-14H,7-8,15H2,1-6H3. The van der Waals surface area contributed by atoms with Gasteiger partial charge in [-0.1, -0.05) is 43.7 Å². The van der Waals surface area contributed by atoms with E-state index >= 15 is 0 Å². The second kappa shape index (κ2) is 8.88. The van der Waals surface area contributed by atoms with Gasteiger partial charge in [-0.2, -0.15) is 4.31 Å². The molecule has 0 aromatic heterocycles. The number of nitrogens with zero attached hydrogens (tertiary/aromatic N) is 2. The Morgan fingerprint density at radius 2 is 1.57 bits per heavy atom. The lowest BCUT2D eigenvalue weighted by Crippen LogP contribution is -2.31. The quantitative estimate of drug-likeness (QED) is 0.705. The van der Waals surface area contributed by atoms with E-state index in [9.17, 15) is 13.2 Å². The molecule has 2 aromatic rings. The highest BCUT2D eigenvalue weighted by molar-refractivity contribution is 7.89. The molecule has 2 rings (SSSR count). The number of carbonyl (C=O) groups is 1. The van der Waals surface area contributed by atoms with E-state index in [1.807, 2.05) is 32.9 Å². The number of rotatable bonds is 7. The maximum Gasteiger partial charge on any atom is 0.254 e.